The largest absolute Gasteiger partial charge is 0.505 e. The Kier molecular flexibility index (Phi) is 5.27. The van der Waals surface area contributed by atoms with Crippen LogP contribution in [0.2, 0.25) is 0 Å². The highest BCUT2D eigenvalue weighted by atomic mass is 35.5. The third-order valence-corrected chi connectivity index (χ3v) is 2.10. The molecule has 0 unspecified atom stereocenters. The van der Waals surface area contributed by atoms with Crippen LogP contribution in [-0.2, 0) is 0 Å². The van der Waals surface area contributed by atoms with Crippen LogP contribution in [0.4, 0.5) is 10.1 Å². The number of hydrogen-bond donors (Lipinski definition) is 3. The van der Waals surface area contributed by atoms with Crippen molar-refractivity contribution in [2.75, 3.05) is 5.73 Å². The maximum Gasteiger partial charge on any atom is 0.143 e. The average Bonchev–Trinajstić information content (AvgIpc) is 2.09. The number of nitrogens with two attached hydrogens (primary N) is 2. The normalized spacial score (nSPS) is 11.7. The summed E-state index contributed by atoms with van der Waals surface area (Å²) in [5, 5.41) is 9.60. The number of phenolic OH excluding ortho intramolecular Hbond substituents is 1. The molecule has 0 saturated heterocycles. The lowest BCUT2D eigenvalue weighted by molar-refractivity contribution is 0.461. The molecule has 0 bridgehead atoms. The van der Waals surface area contributed by atoms with Crippen LogP contribution in [0.5, 0.6) is 5.75 Å². The second-order valence-electron chi connectivity index (χ2n) is 3.70. The van der Waals surface area contributed by atoms with Gasteiger partial charge in [-0.3, -0.25) is 0 Å². The summed E-state index contributed by atoms with van der Waals surface area (Å²) in [6.45, 7) is 5.53. The third kappa shape index (κ3) is 3.40. The smallest absolute Gasteiger partial charge is 0.143 e. The first-order valence-electron chi connectivity index (χ1n) is 4.59. The monoisotopic (exact) mass is 246 g/mol. The van der Waals surface area contributed by atoms with Gasteiger partial charge >= 0.3 is 0 Å². The Labute approximate surface area is 100 Å². The first kappa shape index (κ1) is 14.7. The van der Waals surface area contributed by atoms with Gasteiger partial charge in [0.25, 0.3) is 0 Å². The number of benzene rings is 1. The quantitative estimate of drug-likeness (QED) is 0.436. The summed E-state index contributed by atoms with van der Waals surface area (Å²) in [7, 11) is 0. The van der Waals surface area contributed by atoms with Crippen LogP contribution in [0.25, 0.3) is 0 Å². The summed E-state index contributed by atoms with van der Waals surface area (Å²) in [6, 6.07) is 1.77. The van der Waals surface area contributed by atoms with Crippen molar-refractivity contribution in [2.45, 2.75) is 19.4 Å². The molecule has 0 radical (unpaired) electrons. The molecule has 0 aliphatic carbocycles. The van der Waals surface area contributed by atoms with E-state index in [0.29, 0.717) is 12.0 Å². The van der Waals surface area contributed by atoms with E-state index in [4.69, 9.17) is 11.5 Å². The van der Waals surface area contributed by atoms with Crippen LogP contribution >= 0.6 is 12.4 Å². The zero-order valence-electron chi connectivity index (χ0n) is 9.03. The number of hydrogen-bond acceptors (Lipinski definition) is 3. The van der Waals surface area contributed by atoms with Crippen LogP contribution in [0, 0.1) is 5.82 Å². The summed E-state index contributed by atoms with van der Waals surface area (Å²) in [5.41, 5.74) is 12.4. The minimum atomic E-state index is -0.502. The van der Waals surface area contributed by atoms with Crippen molar-refractivity contribution in [2.24, 2.45) is 5.73 Å². The zero-order valence-corrected chi connectivity index (χ0v) is 9.85. The molecule has 3 nitrogen and oxygen atoms in total. The molecule has 0 saturated carbocycles. The topological polar surface area (TPSA) is 72.3 Å². The lowest BCUT2D eigenvalue weighted by atomic mass is 9.99. The van der Waals surface area contributed by atoms with E-state index in [9.17, 15) is 9.50 Å². The van der Waals surface area contributed by atoms with E-state index in [1.54, 1.807) is 0 Å². The standard InChI is InChI=1S/C11H15FN2O.ClH/c1-6(2)3-9(13)8-4-7(12)5-10(14)11(8)15;/h4-5,9,15H,1,3,13-14H2,2H3;1H/t9-;/m0./s1. The van der Waals surface area contributed by atoms with E-state index in [1.807, 2.05) is 6.92 Å². The number of rotatable bonds is 3. The molecule has 0 aromatic heterocycles. The lowest BCUT2D eigenvalue weighted by Gasteiger charge is -2.14. The first-order chi connectivity index (χ1) is 6.91. The van der Waals surface area contributed by atoms with Gasteiger partial charge < -0.3 is 16.6 Å². The second-order valence-corrected chi connectivity index (χ2v) is 3.70. The van der Waals surface area contributed by atoms with Crippen molar-refractivity contribution >= 4 is 18.1 Å². The van der Waals surface area contributed by atoms with Crippen molar-refractivity contribution in [3.05, 3.63) is 35.7 Å². The zero-order chi connectivity index (χ0) is 11.6. The SMILES string of the molecule is C=C(C)C[C@H](N)c1cc(F)cc(N)c1O.Cl. The molecule has 1 aromatic carbocycles. The predicted octanol–water partition coefficient (Wildman–Crippen LogP) is 2.50. The molecular weight excluding hydrogens is 231 g/mol. The Balaban J connectivity index is 0.00000225. The molecule has 1 atom stereocenters. The molecule has 16 heavy (non-hydrogen) atoms. The van der Waals surface area contributed by atoms with Gasteiger partial charge in [-0.2, -0.15) is 0 Å². The fourth-order valence-electron chi connectivity index (χ4n) is 1.41. The van der Waals surface area contributed by atoms with Gasteiger partial charge in [-0.1, -0.05) is 5.57 Å². The van der Waals surface area contributed by atoms with Crippen molar-refractivity contribution in [3.8, 4) is 5.75 Å². The summed E-state index contributed by atoms with van der Waals surface area (Å²) < 4.78 is 13.0. The number of anilines is 1. The van der Waals surface area contributed by atoms with E-state index in [1.165, 1.54) is 6.07 Å². The van der Waals surface area contributed by atoms with Gasteiger partial charge in [0.2, 0.25) is 0 Å². The summed E-state index contributed by atoms with van der Waals surface area (Å²) >= 11 is 0. The van der Waals surface area contributed by atoms with Crippen LogP contribution in [0.1, 0.15) is 24.9 Å². The van der Waals surface area contributed by atoms with Gasteiger partial charge in [0.1, 0.15) is 11.6 Å². The number of aromatic hydroxyl groups is 1. The van der Waals surface area contributed by atoms with Gasteiger partial charge in [0, 0.05) is 17.7 Å². The van der Waals surface area contributed by atoms with Gasteiger partial charge in [0.15, 0.2) is 0 Å². The molecule has 0 fully saturated rings. The Morgan fingerprint density at radius 1 is 1.56 bits per heavy atom. The molecule has 1 aromatic rings. The summed E-state index contributed by atoms with van der Waals surface area (Å²) in [5.74, 6) is -0.650. The molecule has 90 valence electrons. The highest BCUT2D eigenvalue weighted by Crippen LogP contribution is 2.32. The fraction of sp³-hybridized carbons (Fsp3) is 0.273. The fourth-order valence-corrected chi connectivity index (χ4v) is 1.41. The molecule has 0 aliphatic heterocycles. The van der Waals surface area contributed by atoms with E-state index >= 15 is 0 Å². The molecule has 0 heterocycles. The van der Waals surface area contributed by atoms with Crippen molar-refractivity contribution in [3.63, 3.8) is 0 Å². The van der Waals surface area contributed by atoms with Crippen molar-refractivity contribution in [1.29, 1.82) is 0 Å². The number of halogens is 2. The second kappa shape index (κ2) is 5.72. The molecule has 5 N–H and O–H groups in total. The number of nitrogen functional groups attached to an aromatic ring is 1. The summed E-state index contributed by atoms with van der Waals surface area (Å²) in [6.07, 6.45) is 0.483. The highest BCUT2D eigenvalue weighted by molar-refractivity contribution is 5.85. The summed E-state index contributed by atoms with van der Waals surface area (Å²) in [4.78, 5) is 0. The maximum absolute atomic E-state index is 13.0. The molecule has 1 rings (SSSR count). The molecule has 0 aliphatic rings. The van der Waals surface area contributed by atoms with E-state index in [0.717, 1.165) is 11.6 Å². The Bertz CT molecular complexity index is 396. The van der Waals surface area contributed by atoms with Crippen LogP contribution in [-0.4, -0.2) is 5.11 Å². The Hall–Kier alpha value is -1.26. The third-order valence-electron chi connectivity index (χ3n) is 2.10. The average molecular weight is 247 g/mol. The van der Waals surface area contributed by atoms with Crippen LogP contribution in [0.3, 0.4) is 0 Å². The molecule has 0 spiro atoms. The lowest BCUT2D eigenvalue weighted by Crippen LogP contribution is -2.11. The van der Waals surface area contributed by atoms with Gasteiger partial charge in [-0.15, -0.1) is 19.0 Å². The molecular formula is C11H16ClFN2O. The highest BCUT2D eigenvalue weighted by Gasteiger charge is 2.14. The Morgan fingerprint density at radius 3 is 2.62 bits per heavy atom. The first-order valence-corrected chi connectivity index (χ1v) is 4.59. The predicted molar refractivity (Wildman–Crippen MR) is 66.1 cm³/mol. The van der Waals surface area contributed by atoms with Crippen LogP contribution < -0.4 is 11.5 Å². The van der Waals surface area contributed by atoms with Gasteiger partial charge in [-0.25, -0.2) is 4.39 Å². The molecule has 5 heteroatoms. The van der Waals surface area contributed by atoms with E-state index in [-0.39, 0.29) is 23.8 Å². The van der Waals surface area contributed by atoms with Gasteiger partial charge in [-0.05, 0) is 19.4 Å². The maximum atomic E-state index is 13.0. The van der Waals surface area contributed by atoms with Crippen molar-refractivity contribution < 1.29 is 9.50 Å². The van der Waals surface area contributed by atoms with Crippen molar-refractivity contribution in [1.82, 2.24) is 0 Å². The van der Waals surface area contributed by atoms with Gasteiger partial charge in [0.05, 0.1) is 5.69 Å². The molecule has 0 amide bonds. The van der Waals surface area contributed by atoms with Crippen LogP contribution in [0.15, 0.2) is 24.3 Å². The van der Waals surface area contributed by atoms with E-state index in [2.05, 4.69) is 6.58 Å². The minimum absolute atomic E-state index is 0. The number of phenols is 1. The van der Waals surface area contributed by atoms with E-state index < -0.39 is 11.9 Å². The Morgan fingerprint density at radius 2 is 2.12 bits per heavy atom. The minimum Gasteiger partial charge on any atom is -0.505 e.